The van der Waals surface area contributed by atoms with Gasteiger partial charge in [0.2, 0.25) is 5.91 Å². The van der Waals surface area contributed by atoms with E-state index in [-0.39, 0.29) is 18.9 Å². The van der Waals surface area contributed by atoms with Crippen molar-refractivity contribution in [1.82, 2.24) is 4.98 Å². The van der Waals surface area contributed by atoms with Crippen LogP contribution in [0.3, 0.4) is 0 Å². The van der Waals surface area contributed by atoms with Crippen molar-refractivity contribution in [2.24, 2.45) is 5.73 Å². The van der Waals surface area contributed by atoms with Crippen molar-refractivity contribution in [3.05, 3.63) is 24.0 Å². The minimum Gasteiger partial charge on any atom is -0.325 e. The second kappa shape index (κ2) is 4.94. The molecular weight excluding hydrogens is 180 g/mol. The number of anilines is 1. The zero-order chi connectivity index (χ0) is 10.4. The van der Waals surface area contributed by atoms with Gasteiger partial charge in [0.1, 0.15) is 6.42 Å². The molecule has 0 radical (unpaired) electrons. The van der Waals surface area contributed by atoms with Gasteiger partial charge in [-0.15, -0.1) is 0 Å². The van der Waals surface area contributed by atoms with Crippen LogP contribution in [-0.4, -0.2) is 10.9 Å². The molecule has 72 valence electrons. The zero-order valence-electron chi connectivity index (χ0n) is 7.53. The van der Waals surface area contributed by atoms with Crippen LogP contribution in [-0.2, 0) is 11.3 Å². The molecule has 0 unspecified atom stereocenters. The molecule has 1 aromatic heterocycles. The Labute approximate surface area is 81.6 Å². The van der Waals surface area contributed by atoms with Crippen molar-refractivity contribution in [3.8, 4) is 6.07 Å². The predicted molar refractivity (Wildman–Crippen MR) is 51.0 cm³/mol. The molecule has 1 aromatic rings. The van der Waals surface area contributed by atoms with Crippen LogP contribution in [0, 0.1) is 11.3 Å². The van der Waals surface area contributed by atoms with Crippen molar-refractivity contribution in [3.63, 3.8) is 0 Å². The monoisotopic (exact) mass is 190 g/mol. The molecule has 0 bridgehead atoms. The average molecular weight is 190 g/mol. The molecule has 0 atom stereocenters. The Morgan fingerprint density at radius 1 is 1.71 bits per heavy atom. The smallest absolute Gasteiger partial charge is 0.238 e. The Kier molecular flexibility index (Phi) is 3.58. The van der Waals surface area contributed by atoms with Crippen LogP contribution in [0.25, 0.3) is 0 Å². The van der Waals surface area contributed by atoms with E-state index in [1.807, 2.05) is 0 Å². The average Bonchev–Trinajstić information content (AvgIpc) is 2.19. The van der Waals surface area contributed by atoms with E-state index < -0.39 is 0 Å². The minimum atomic E-state index is -0.352. The summed E-state index contributed by atoms with van der Waals surface area (Å²) in [5.41, 5.74) is 6.60. The van der Waals surface area contributed by atoms with Crippen LogP contribution >= 0.6 is 0 Å². The number of carbonyl (C=O) groups is 1. The van der Waals surface area contributed by atoms with Gasteiger partial charge in [-0.25, -0.2) is 0 Å². The first-order valence-corrected chi connectivity index (χ1v) is 4.08. The second-order valence-corrected chi connectivity index (χ2v) is 2.58. The van der Waals surface area contributed by atoms with E-state index in [2.05, 4.69) is 10.3 Å². The number of nitriles is 1. The fourth-order valence-electron chi connectivity index (χ4n) is 0.981. The van der Waals surface area contributed by atoms with Gasteiger partial charge in [0.05, 0.1) is 17.5 Å². The van der Waals surface area contributed by atoms with Gasteiger partial charge in [0.25, 0.3) is 0 Å². The maximum atomic E-state index is 11.1. The van der Waals surface area contributed by atoms with Crippen molar-refractivity contribution in [1.29, 1.82) is 5.26 Å². The third-order valence-corrected chi connectivity index (χ3v) is 1.60. The minimum absolute atomic E-state index is 0.168. The van der Waals surface area contributed by atoms with Gasteiger partial charge in [0, 0.05) is 12.7 Å². The lowest BCUT2D eigenvalue weighted by atomic mass is 10.3. The lowest BCUT2D eigenvalue weighted by Crippen LogP contribution is -2.13. The zero-order valence-corrected chi connectivity index (χ0v) is 7.53. The highest BCUT2D eigenvalue weighted by molar-refractivity contribution is 5.92. The van der Waals surface area contributed by atoms with Crippen molar-refractivity contribution >= 4 is 11.6 Å². The molecule has 0 saturated heterocycles. The van der Waals surface area contributed by atoms with E-state index in [1.165, 1.54) is 0 Å². The highest BCUT2D eigenvalue weighted by Crippen LogP contribution is 2.11. The van der Waals surface area contributed by atoms with Gasteiger partial charge in [-0.2, -0.15) is 5.26 Å². The number of nitrogens with two attached hydrogens (primary N) is 1. The first-order valence-electron chi connectivity index (χ1n) is 4.08. The lowest BCUT2D eigenvalue weighted by Gasteiger charge is -2.06. The van der Waals surface area contributed by atoms with E-state index in [0.29, 0.717) is 11.4 Å². The summed E-state index contributed by atoms with van der Waals surface area (Å²) >= 11 is 0. The molecular formula is C9H10N4O. The van der Waals surface area contributed by atoms with Crippen molar-refractivity contribution in [2.45, 2.75) is 13.0 Å². The molecule has 0 aliphatic rings. The van der Waals surface area contributed by atoms with Crippen LogP contribution in [0.1, 0.15) is 12.1 Å². The first-order chi connectivity index (χ1) is 6.77. The van der Waals surface area contributed by atoms with Crippen LogP contribution in [0.15, 0.2) is 18.3 Å². The third kappa shape index (κ3) is 2.54. The standard InChI is InChI=1S/C9H10N4O/c10-4-3-9(14)13-7-2-1-5-12-8(7)6-11/h1-2,5H,3,6,11H2,(H,13,14). The molecule has 0 aromatic carbocycles. The summed E-state index contributed by atoms with van der Waals surface area (Å²) in [6.07, 6.45) is 1.43. The fourth-order valence-corrected chi connectivity index (χ4v) is 0.981. The van der Waals surface area contributed by atoms with Gasteiger partial charge in [0.15, 0.2) is 0 Å². The van der Waals surface area contributed by atoms with Crippen molar-refractivity contribution < 1.29 is 4.79 Å². The highest BCUT2D eigenvalue weighted by Gasteiger charge is 2.05. The number of nitrogens with one attached hydrogen (secondary N) is 1. The van der Waals surface area contributed by atoms with E-state index in [9.17, 15) is 4.79 Å². The Balaban J connectivity index is 2.76. The summed E-state index contributed by atoms with van der Waals surface area (Å²) in [5.74, 6) is -0.352. The Bertz CT molecular complexity index is 369. The van der Waals surface area contributed by atoms with Gasteiger partial charge < -0.3 is 11.1 Å². The van der Waals surface area contributed by atoms with Crippen molar-refractivity contribution in [2.75, 3.05) is 5.32 Å². The number of aromatic nitrogens is 1. The number of hydrogen-bond acceptors (Lipinski definition) is 4. The predicted octanol–water partition coefficient (Wildman–Crippen LogP) is 0.392. The summed E-state index contributed by atoms with van der Waals surface area (Å²) in [6.45, 7) is 0.253. The number of nitrogens with zero attached hydrogens (tertiary/aromatic N) is 2. The van der Waals surface area contributed by atoms with Gasteiger partial charge >= 0.3 is 0 Å². The molecule has 5 nitrogen and oxygen atoms in total. The Morgan fingerprint density at radius 2 is 2.50 bits per heavy atom. The third-order valence-electron chi connectivity index (χ3n) is 1.60. The number of pyridine rings is 1. The fraction of sp³-hybridized carbons (Fsp3) is 0.222. The first kappa shape index (κ1) is 10.2. The SMILES string of the molecule is N#CCC(=O)Nc1cccnc1CN. The topological polar surface area (TPSA) is 91.8 Å². The molecule has 5 heteroatoms. The molecule has 3 N–H and O–H groups in total. The quantitative estimate of drug-likeness (QED) is 0.721. The molecule has 0 aliphatic carbocycles. The Morgan fingerprint density at radius 3 is 3.14 bits per heavy atom. The largest absolute Gasteiger partial charge is 0.325 e. The normalized spacial score (nSPS) is 9.14. The molecule has 0 aliphatic heterocycles. The summed E-state index contributed by atoms with van der Waals surface area (Å²) in [5, 5.41) is 10.8. The maximum absolute atomic E-state index is 11.1. The van der Waals surface area contributed by atoms with Gasteiger partial charge in [-0.05, 0) is 12.1 Å². The van der Waals surface area contributed by atoms with E-state index >= 15 is 0 Å². The molecule has 14 heavy (non-hydrogen) atoms. The molecule has 1 heterocycles. The molecule has 0 spiro atoms. The second-order valence-electron chi connectivity index (χ2n) is 2.58. The molecule has 0 saturated carbocycles. The summed E-state index contributed by atoms with van der Waals surface area (Å²) in [4.78, 5) is 15.1. The van der Waals surface area contributed by atoms with E-state index in [0.717, 1.165) is 0 Å². The number of rotatable bonds is 3. The van der Waals surface area contributed by atoms with Gasteiger partial charge in [-0.1, -0.05) is 0 Å². The Hall–Kier alpha value is -1.93. The number of amides is 1. The molecule has 0 fully saturated rings. The highest BCUT2D eigenvalue weighted by atomic mass is 16.1. The lowest BCUT2D eigenvalue weighted by molar-refractivity contribution is -0.115. The number of hydrogen-bond donors (Lipinski definition) is 2. The summed E-state index contributed by atoms with van der Waals surface area (Å²) in [6, 6.07) is 5.16. The maximum Gasteiger partial charge on any atom is 0.238 e. The van der Waals surface area contributed by atoms with E-state index in [4.69, 9.17) is 11.0 Å². The van der Waals surface area contributed by atoms with Crippen LogP contribution < -0.4 is 11.1 Å². The molecule has 1 amide bonds. The summed E-state index contributed by atoms with van der Waals surface area (Å²) in [7, 11) is 0. The summed E-state index contributed by atoms with van der Waals surface area (Å²) < 4.78 is 0. The van der Waals surface area contributed by atoms with Crippen LogP contribution in [0.2, 0.25) is 0 Å². The van der Waals surface area contributed by atoms with Gasteiger partial charge in [-0.3, -0.25) is 9.78 Å². The van der Waals surface area contributed by atoms with E-state index in [1.54, 1.807) is 24.4 Å². The molecule has 1 rings (SSSR count). The van der Waals surface area contributed by atoms with Crippen LogP contribution in [0.5, 0.6) is 0 Å². The van der Waals surface area contributed by atoms with Crippen LogP contribution in [0.4, 0.5) is 5.69 Å². The number of carbonyl (C=O) groups excluding carboxylic acids is 1.